The predicted octanol–water partition coefficient (Wildman–Crippen LogP) is 4.77. The van der Waals surface area contributed by atoms with Crippen LogP contribution in [-0.4, -0.2) is 65.4 Å². The first-order valence-corrected chi connectivity index (χ1v) is 12.5. The lowest BCUT2D eigenvalue weighted by Gasteiger charge is -2.34. The molecule has 0 saturated carbocycles. The van der Waals surface area contributed by atoms with Crippen LogP contribution in [0.5, 0.6) is 0 Å². The number of hydrogen-bond acceptors (Lipinski definition) is 5. The second-order valence-corrected chi connectivity index (χ2v) is 9.36. The molecule has 0 spiro atoms. The van der Waals surface area contributed by atoms with Crippen molar-refractivity contribution in [2.75, 3.05) is 48.3 Å². The van der Waals surface area contributed by atoms with Crippen molar-refractivity contribution >= 4 is 29.2 Å². The van der Waals surface area contributed by atoms with Gasteiger partial charge in [-0.1, -0.05) is 42.5 Å². The predicted molar refractivity (Wildman–Crippen MR) is 149 cm³/mol. The molecule has 9 heteroatoms. The third-order valence-electron chi connectivity index (χ3n) is 6.71. The number of amides is 2. The summed E-state index contributed by atoms with van der Waals surface area (Å²) in [6, 6.07) is 26.0. The molecule has 1 aliphatic heterocycles. The van der Waals surface area contributed by atoms with E-state index in [-0.39, 0.29) is 12.5 Å². The molecule has 38 heavy (non-hydrogen) atoms. The minimum Gasteiger partial charge on any atom is -0.465 e. The zero-order valence-corrected chi connectivity index (χ0v) is 21.2. The average molecular weight is 511 g/mol. The second-order valence-electron chi connectivity index (χ2n) is 9.36. The number of H-pyrrole nitrogens is 1. The van der Waals surface area contributed by atoms with E-state index in [0.29, 0.717) is 22.8 Å². The quantitative estimate of drug-likeness (QED) is 0.331. The summed E-state index contributed by atoms with van der Waals surface area (Å²) in [5.74, 6) is 0.286. The highest BCUT2D eigenvalue weighted by atomic mass is 16.4. The van der Waals surface area contributed by atoms with Crippen LogP contribution >= 0.6 is 0 Å². The molecule has 3 N–H and O–H groups in total. The lowest BCUT2D eigenvalue weighted by molar-refractivity contribution is 0.102. The van der Waals surface area contributed by atoms with Crippen molar-refractivity contribution in [1.82, 2.24) is 15.1 Å². The van der Waals surface area contributed by atoms with Gasteiger partial charge in [0.15, 0.2) is 0 Å². The van der Waals surface area contributed by atoms with Crippen LogP contribution in [0.4, 0.5) is 22.0 Å². The number of nitrogens with one attached hydrogen (secondary N) is 2. The van der Waals surface area contributed by atoms with Gasteiger partial charge in [0.25, 0.3) is 5.91 Å². The molecule has 2 amide bonds. The van der Waals surface area contributed by atoms with Crippen molar-refractivity contribution in [3.8, 4) is 11.3 Å². The lowest BCUT2D eigenvalue weighted by atomic mass is 10.1. The molecule has 9 nitrogen and oxygen atoms in total. The summed E-state index contributed by atoms with van der Waals surface area (Å²) in [6.45, 7) is 4.24. The molecule has 0 bridgehead atoms. The van der Waals surface area contributed by atoms with Crippen molar-refractivity contribution in [3.63, 3.8) is 0 Å². The number of rotatable bonds is 7. The number of piperazine rings is 1. The number of aromatic amines is 1. The number of anilines is 3. The van der Waals surface area contributed by atoms with Gasteiger partial charge in [-0.25, -0.2) is 4.79 Å². The summed E-state index contributed by atoms with van der Waals surface area (Å²) in [7, 11) is 2.13. The molecule has 1 fully saturated rings. The first-order valence-electron chi connectivity index (χ1n) is 12.5. The average Bonchev–Trinajstić information content (AvgIpc) is 3.41. The van der Waals surface area contributed by atoms with Crippen molar-refractivity contribution < 1.29 is 14.7 Å². The minimum absolute atomic E-state index is 0.213. The molecule has 2 heterocycles. The van der Waals surface area contributed by atoms with E-state index in [1.807, 2.05) is 66.7 Å². The van der Waals surface area contributed by atoms with Crippen LogP contribution in [0.15, 0.2) is 84.9 Å². The molecule has 5 rings (SSSR count). The van der Waals surface area contributed by atoms with Crippen molar-refractivity contribution in [1.29, 1.82) is 0 Å². The molecule has 0 radical (unpaired) electrons. The standard InChI is InChI=1S/C29H30N6O3/c1-33-15-17-34(18-16-33)24-13-11-23(12-14-24)28(36)30-27-19-26(31-32-27)22-9-7-21(8-10-22)20-35(29(37)38)25-5-3-2-4-6-25/h2-14,19H,15-18,20H2,1H3,(H,37,38)(H2,30,31,32,36). The smallest absolute Gasteiger partial charge is 0.412 e. The van der Waals surface area contributed by atoms with E-state index in [9.17, 15) is 14.7 Å². The fourth-order valence-electron chi connectivity index (χ4n) is 4.46. The maximum atomic E-state index is 12.8. The van der Waals surface area contributed by atoms with Crippen molar-refractivity contribution in [2.45, 2.75) is 6.54 Å². The molecule has 4 aromatic rings. The number of nitrogens with zero attached hydrogens (tertiary/aromatic N) is 4. The SMILES string of the molecule is CN1CCN(c2ccc(C(=O)Nc3cc(-c4ccc(CN(C(=O)O)c5ccccc5)cc4)n[nH]3)cc2)CC1. The summed E-state index contributed by atoms with van der Waals surface area (Å²) in [5, 5.41) is 19.7. The number of carbonyl (C=O) groups excluding carboxylic acids is 1. The number of benzene rings is 3. The van der Waals surface area contributed by atoms with Crippen molar-refractivity contribution in [3.05, 3.63) is 96.1 Å². The van der Waals surface area contributed by atoms with Gasteiger partial charge in [-0.2, -0.15) is 5.10 Å². The first kappa shape index (κ1) is 25.0. The molecular formula is C29H30N6O3. The van der Waals surface area contributed by atoms with E-state index < -0.39 is 6.09 Å². The van der Waals surface area contributed by atoms with E-state index in [2.05, 4.69) is 32.4 Å². The third kappa shape index (κ3) is 5.84. The lowest BCUT2D eigenvalue weighted by Crippen LogP contribution is -2.44. The van der Waals surface area contributed by atoms with Gasteiger partial charge < -0.3 is 20.2 Å². The first-order chi connectivity index (χ1) is 18.5. The molecule has 1 aliphatic rings. The monoisotopic (exact) mass is 510 g/mol. The molecule has 0 unspecified atom stereocenters. The van der Waals surface area contributed by atoms with E-state index in [1.54, 1.807) is 18.2 Å². The number of likely N-dealkylation sites (N-methyl/N-ethyl adjacent to an activating group) is 1. The Hall–Kier alpha value is -4.63. The van der Waals surface area contributed by atoms with Gasteiger partial charge in [-0.05, 0) is 49.0 Å². The summed E-state index contributed by atoms with van der Waals surface area (Å²) in [4.78, 5) is 30.5. The van der Waals surface area contributed by atoms with Crippen molar-refractivity contribution in [2.24, 2.45) is 0 Å². The van der Waals surface area contributed by atoms with E-state index >= 15 is 0 Å². The molecule has 1 aromatic heterocycles. The van der Waals surface area contributed by atoms with Gasteiger partial charge in [0.2, 0.25) is 0 Å². The number of carboxylic acid groups (broad SMARTS) is 1. The third-order valence-corrected chi connectivity index (χ3v) is 6.71. The van der Waals surface area contributed by atoms with Crippen LogP contribution in [0, 0.1) is 0 Å². The van der Waals surface area contributed by atoms with Gasteiger partial charge in [-0.15, -0.1) is 0 Å². The molecule has 0 aliphatic carbocycles. The Bertz CT molecular complexity index is 1380. The molecule has 3 aromatic carbocycles. The molecule has 194 valence electrons. The van der Waals surface area contributed by atoms with Gasteiger partial charge in [-0.3, -0.25) is 14.8 Å². The van der Waals surface area contributed by atoms with Crippen LogP contribution in [0.2, 0.25) is 0 Å². The topological polar surface area (TPSA) is 105 Å². The maximum Gasteiger partial charge on any atom is 0.412 e. The maximum absolute atomic E-state index is 12.8. The van der Waals surface area contributed by atoms with E-state index in [1.165, 1.54) is 4.90 Å². The largest absolute Gasteiger partial charge is 0.465 e. The molecule has 1 saturated heterocycles. The number of carbonyl (C=O) groups is 2. The number of aromatic nitrogens is 2. The summed E-state index contributed by atoms with van der Waals surface area (Å²) in [5.41, 5.74) is 4.69. The van der Waals surface area contributed by atoms with E-state index in [4.69, 9.17) is 0 Å². The number of hydrogen-bond donors (Lipinski definition) is 3. The van der Waals surface area contributed by atoms with E-state index in [0.717, 1.165) is 43.0 Å². The highest BCUT2D eigenvalue weighted by molar-refractivity contribution is 6.04. The highest BCUT2D eigenvalue weighted by Gasteiger charge is 2.16. The Balaban J connectivity index is 1.20. The van der Waals surface area contributed by atoms with Crippen LogP contribution in [0.1, 0.15) is 15.9 Å². The summed E-state index contributed by atoms with van der Waals surface area (Å²) < 4.78 is 0. The van der Waals surface area contributed by atoms with Gasteiger partial charge in [0, 0.05) is 54.7 Å². The minimum atomic E-state index is -1.01. The van der Waals surface area contributed by atoms with Crippen LogP contribution < -0.4 is 15.1 Å². The van der Waals surface area contributed by atoms with Gasteiger partial charge in [0.05, 0.1) is 12.2 Å². The Kier molecular flexibility index (Phi) is 7.37. The number of para-hydroxylation sites is 1. The molecular weight excluding hydrogens is 480 g/mol. The summed E-state index contributed by atoms with van der Waals surface area (Å²) >= 11 is 0. The van der Waals surface area contributed by atoms with Crippen LogP contribution in [-0.2, 0) is 6.54 Å². The fourth-order valence-corrected chi connectivity index (χ4v) is 4.46. The Morgan fingerprint density at radius 3 is 2.29 bits per heavy atom. The zero-order chi connectivity index (χ0) is 26.5. The highest BCUT2D eigenvalue weighted by Crippen LogP contribution is 2.23. The Morgan fingerprint density at radius 2 is 1.63 bits per heavy atom. The zero-order valence-electron chi connectivity index (χ0n) is 21.2. The van der Waals surface area contributed by atoms with Crippen LogP contribution in [0.3, 0.4) is 0 Å². The normalized spacial score (nSPS) is 13.8. The van der Waals surface area contributed by atoms with Crippen LogP contribution in [0.25, 0.3) is 11.3 Å². The fraction of sp³-hybridized carbons (Fsp3) is 0.207. The van der Waals surface area contributed by atoms with Gasteiger partial charge >= 0.3 is 6.09 Å². The van der Waals surface area contributed by atoms with Gasteiger partial charge in [0.1, 0.15) is 5.82 Å². The second kappa shape index (κ2) is 11.2. The molecule has 0 atom stereocenters. The summed E-state index contributed by atoms with van der Waals surface area (Å²) in [6.07, 6.45) is -1.01. The Labute approximate surface area is 221 Å². The Morgan fingerprint density at radius 1 is 0.947 bits per heavy atom.